The van der Waals surface area contributed by atoms with E-state index in [0.29, 0.717) is 18.7 Å². The minimum Gasteiger partial charge on any atom is -0.507 e. The highest BCUT2D eigenvalue weighted by molar-refractivity contribution is 6.04. The highest BCUT2D eigenvalue weighted by atomic mass is 19.4. The van der Waals surface area contributed by atoms with E-state index in [2.05, 4.69) is 15.7 Å². The van der Waals surface area contributed by atoms with Gasteiger partial charge in [-0.25, -0.2) is 4.79 Å². The highest BCUT2D eigenvalue weighted by Gasteiger charge is 2.31. The van der Waals surface area contributed by atoms with Gasteiger partial charge in [-0.2, -0.15) is 23.0 Å². The molecule has 0 aliphatic heterocycles. The summed E-state index contributed by atoms with van der Waals surface area (Å²) in [4.78, 5) is 25.8. The second-order valence-electron chi connectivity index (χ2n) is 9.73. The number of halogens is 3. The molecule has 1 saturated carbocycles. The SMILES string of the molecule is O=C(Nc1ccc(O)c(-c2cc(C3CCC3)n(C(=O)NCCc3ccccc3)n2)c1)c1cccc(C(F)(F)F)c1. The molecule has 0 unspecified atom stereocenters. The van der Waals surface area contributed by atoms with E-state index in [1.807, 2.05) is 30.3 Å². The Balaban J connectivity index is 1.36. The van der Waals surface area contributed by atoms with Crippen LogP contribution in [0.15, 0.2) is 78.9 Å². The third kappa shape index (κ3) is 6.01. The number of alkyl halides is 3. The number of carbonyl (C=O) groups is 2. The van der Waals surface area contributed by atoms with Crippen molar-refractivity contribution >= 4 is 17.6 Å². The number of hydrogen-bond acceptors (Lipinski definition) is 4. The van der Waals surface area contributed by atoms with Gasteiger partial charge in [0.25, 0.3) is 5.91 Å². The molecule has 1 aliphatic rings. The summed E-state index contributed by atoms with van der Waals surface area (Å²) in [7, 11) is 0. The van der Waals surface area contributed by atoms with Crippen LogP contribution in [0.3, 0.4) is 0 Å². The quantitative estimate of drug-likeness (QED) is 0.227. The van der Waals surface area contributed by atoms with E-state index in [4.69, 9.17) is 0 Å². The van der Waals surface area contributed by atoms with Gasteiger partial charge in [-0.1, -0.05) is 42.8 Å². The van der Waals surface area contributed by atoms with Crippen molar-refractivity contribution in [2.45, 2.75) is 37.8 Å². The van der Waals surface area contributed by atoms with E-state index in [-0.39, 0.29) is 34.5 Å². The Morgan fingerprint density at radius 1 is 0.975 bits per heavy atom. The molecule has 1 aliphatic carbocycles. The molecule has 0 radical (unpaired) electrons. The Bertz CT molecular complexity index is 1530. The molecule has 10 heteroatoms. The van der Waals surface area contributed by atoms with Gasteiger partial charge < -0.3 is 15.7 Å². The molecular weight excluding hydrogens is 521 g/mol. The molecule has 3 aromatic carbocycles. The lowest BCUT2D eigenvalue weighted by Crippen LogP contribution is -2.33. The second kappa shape index (κ2) is 11.3. The van der Waals surface area contributed by atoms with Crippen molar-refractivity contribution in [3.8, 4) is 17.0 Å². The topological polar surface area (TPSA) is 96.2 Å². The zero-order valence-electron chi connectivity index (χ0n) is 21.4. The Morgan fingerprint density at radius 2 is 1.75 bits per heavy atom. The van der Waals surface area contributed by atoms with Crippen LogP contribution in [-0.4, -0.2) is 33.4 Å². The summed E-state index contributed by atoms with van der Waals surface area (Å²) in [6.07, 6.45) is -1.03. The molecule has 0 atom stereocenters. The van der Waals surface area contributed by atoms with Crippen LogP contribution in [-0.2, 0) is 12.6 Å². The van der Waals surface area contributed by atoms with Gasteiger partial charge in [0.1, 0.15) is 5.75 Å². The van der Waals surface area contributed by atoms with E-state index in [1.165, 1.54) is 35.0 Å². The fraction of sp³-hybridized carbons (Fsp3) is 0.233. The van der Waals surface area contributed by atoms with Gasteiger partial charge in [-0.05, 0) is 67.3 Å². The number of anilines is 1. The fourth-order valence-electron chi connectivity index (χ4n) is 4.58. The van der Waals surface area contributed by atoms with E-state index in [9.17, 15) is 27.9 Å². The molecule has 7 nitrogen and oxygen atoms in total. The molecule has 0 bridgehead atoms. The lowest BCUT2D eigenvalue weighted by Gasteiger charge is -2.25. The highest BCUT2D eigenvalue weighted by Crippen LogP contribution is 2.39. The van der Waals surface area contributed by atoms with Gasteiger partial charge >= 0.3 is 12.2 Å². The number of nitrogens with one attached hydrogen (secondary N) is 2. The van der Waals surface area contributed by atoms with Crippen molar-refractivity contribution < 1.29 is 27.9 Å². The Labute approximate surface area is 228 Å². The van der Waals surface area contributed by atoms with Crippen molar-refractivity contribution in [1.82, 2.24) is 15.1 Å². The number of amides is 2. The molecular formula is C30H27F3N4O3. The molecule has 2 amide bonds. The van der Waals surface area contributed by atoms with Crippen LogP contribution in [0.5, 0.6) is 5.75 Å². The lowest BCUT2D eigenvalue weighted by atomic mass is 9.82. The second-order valence-corrected chi connectivity index (χ2v) is 9.73. The number of aromatic nitrogens is 2. The third-order valence-electron chi connectivity index (χ3n) is 6.97. The summed E-state index contributed by atoms with van der Waals surface area (Å²) in [6.45, 7) is 0.421. The van der Waals surface area contributed by atoms with Gasteiger partial charge in [0.15, 0.2) is 0 Å². The van der Waals surface area contributed by atoms with Crippen molar-refractivity contribution in [3.05, 3.63) is 101 Å². The summed E-state index contributed by atoms with van der Waals surface area (Å²) in [5, 5.41) is 20.6. The molecule has 0 spiro atoms. The van der Waals surface area contributed by atoms with Gasteiger partial charge in [-0.3, -0.25) is 4.79 Å². The van der Waals surface area contributed by atoms with Crippen LogP contribution in [0.4, 0.5) is 23.7 Å². The summed E-state index contributed by atoms with van der Waals surface area (Å²) in [5.41, 5.74) is 1.61. The summed E-state index contributed by atoms with van der Waals surface area (Å²) >= 11 is 0. The Kier molecular flexibility index (Phi) is 7.59. The molecule has 3 N–H and O–H groups in total. The van der Waals surface area contributed by atoms with E-state index < -0.39 is 17.6 Å². The maximum Gasteiger partial charge on any atom is 0.416 e. The van der Waals surface area contributed by atoms with E-state index in [1.54, 1.807) is 6.07 Å². The summed E-state index contributed by atoms with van der Waals surface area (Å²) < 4.78 is 40.5. The normalized spacial score (nSPS) is 13.5. The summed E-state index contributed by atoms with van der Waals surface area (Å²) in [6, 6.07) is 19.6. The summed E-state index contributed by atoms with van der Waals surface area (Å²) in [5.74, 6) is -0.695. The largest absolute Gasteiger partial charge is 0.507 e. The molecule has 0 saturated heterocycles. The van der Waals surface area contributed by atoms with E-state index >= 15 is 0 Å². The molecule has 1 heterocycles. The van der Waals surface area contributed by atoms with Crippen molar-refractivity contribution in [3.63, 3.8) is 0 Å². The first-order valence-corrected chi connectivity index (χ1v) is 12.9. The maximum absolute atomic E-state index is 13.1. The molecule has 40 heavy (non-hydrogen) atoms. The minimum atomic E-state index is -4.58. The van der Waals surface area contributed by atoms with Gasteiger partial charge in [0.2, 0.25) is 0 Å². The zero-order valence-corrected chi connectivity index (χ0v) is 21.4. The predicted octanol–water partition coefficient (Wildman–Crippen LogP) is 6.59. The number of benzene rings is 3. The third-order valence-corrected chi connectivity index (χ3v) is 6.97. The molecule has 5 rings (SSSR count). The number of aromatic hydroxyl groups is 1. The monoisotopic (exact) mass is 548 g/mol. The lowest BCUT2D eigenvalue weighted by molar-refractivity contribution is -0.137. The van der Waals surface area contributed by atoms with Crippen LogP contribution in [0.25, 0.3) is 11.3 Å². The standard InChI is InChI=1S/C30H27F3N4O3/c31-30(32,33)22-11-5-10-21(16-22)28(39)35-23-12-13-27(38)24(17-23)25-18-26(20-8-4-9-20)37(36-25)29(40)34-15-14-19-6-2-1-3-7-19/h1-3,5-7,10-13,16-18,20,38H,4,8-9,14-15H2,(H,34,40)(H,35,39). The molecule has 1 aromatic heterocycles. The first-order valence-electron chi connectivity index (χ1n) is 12.9. The van der Waals surface area contributed by atoms with Crippen molar-refractivity contribution in [2.24, 2.45) is 0 Å². The number of rotatable bonds is 7. The van der Waals surface area contributed by atoms with Crippen molar-refractivity contribution in [2.75, 3.05) is 11.9 Å². The number of carbonyl (C=O) groups excluding carboxylic acids is 2. The average Bonchev–Trinajstić information content (AvgIpc) is 3.33. The minimum absolute atomic E-state index is 0.119. The first-order chi connectivity index (χ1) is 19.2. The van der Waals surface area contributed by atoms with Crippen molar-refractivity contribution in [1.29, 1.82) is 0 Å². The van der Waals surface area contributed by atoms with Crippen LogP contribution in [0.1, 0.15) is 52.4 Å². The Morgan fingerprint density at radius 3 is 2.45 bits per heavy atom. The van der Waals surface area contributed by atoms with Crippen LogP contribution in [0, 0.1) is 0 Å². The smallest absolute Gasteiger partial charge is 0.416 e. The average molecular weight is 549 g/mol. The van der Waals surface area contributed by atoms with Gasteiger partial charge in [-0.15, -0.1) is 0 Å². The first kappa shape index (κ1) is 27.0. The fourth-order valence-corrected chi connectivity index (χ4v) is 4.58. The van der Waals surface area contributed by atoms with Crippen LogP contribution in [0.2, 0.25) is 0 Å². The number of nitrogens with zero attached hydrogens (tertiary/aromatic N) is 2. The maximum atomic E-state index is 13.1. The molecule has 206 valence electrons. The number of phenolic OH excluding ortho intramolecular Hbond substituents is 1. The van der Waals surface area contributed by atoms with E-state index in [0.717, 1.165) is 42.7 Å². The van der Waals surface area contributed by atoms with Gasteiger partial charge in [0, 0.05) is 29.3 Å². The zero-order chi connectivity index (χ0) is 28.3. The van der Waals surface area contributed by atoms with Crippen LogP contribution >= 0.6 is 0 Å². The Hall–Kier alpha value is -4.60. The molecule has 4 aromatic rings. The van der Waals surface area contributed by atoms with Crippen LogP contribution < -0.4 is 10.6 Å². The number of phenols is 1. The predicted molar refractivity (Wildman–Crippen MR) is 144 cm³/mol. The van der Waals surface area contributed by atoms with Gasteiger partial charge in [0.05, 0.1) is 17.0 Å². The number of hydrogen-bond donors (Lipinski definition) is 3. The molecule has 1 fully saturated rings.